The quantitative estimate of drug-likeness (QED) is 0.637. The van der Waals surface area contributed by atoms with Gasteiger partial charge in [0.15, 0.2) is 0 Å². The van der Waals surface area contributed by atoms with Crippen LogP contribution in [0.5, 0.6) is 0 Å². The summed E-state index contributed by atoms with van der Waals surface area (Å²) in [5.41, 5.74) is 0.788. The van der Waals surface area contributed by atoms with Crippen LogP contribution >= 0.6 is 11.3 Å². The monoisotopic (exact) mass is 437 g/mol. The highest BCUT2D eigenvalue weighted by Gasteiger charge is 2.28. The smallest absolute Gasteiger partial charge is 0.241 e. The van der Waals surface area contributed by atoms with Crippen molar-refractivity contribution in [2.24, 2.45) is 5.92 Å². The largest absolute Gasteiger partial charge is 0.352 e. The van der Waals surface area contributed by atoms with Crippen molar-refractivity contribution in [2.45, 2.75) is 82.7 Å². The second-order valence-electron chi connectivity index (χ2n) is 8.36. The summed E-state index contributed by atoms with van der Waals surface area (Å²) in [6.45, 7) is 5.88. The van der Waals surface area contributed by atoms with Gasteiger partial charge in [-0.05, 0) is 50.3 Å². The number of aryl methyl sites for hydroxylation is 1. The molecule has 1 aromatic heterocycles. The van der Waals surface area contributed by atoms with Crippen LogP contribution in [0.4, 0.5) is 0 Å². The van der Waals surface area contributed by atoms with E-state index in [0.717, 1.165) is 40.9 Å². The molecule has 0 bridgehead atoms. The zero-order valence-electron chi connectivity index (χ0n) is 17.4. The second kappa shape index (κ2) is 9.53. The summed E-state index contributed by atoms with van der Waals surface area (Å²) in [5, 5.41) is 3.99. The van der Waals surface area contributed by atoms with Crippen molar-refractivity contribution in [3.63, 3.8) is 0 Å². The van der Waals surface area contributed by atoms with E-state index in [9.17, 15) is 13.2 Å². The number of benzene rings is 1. The van der Waals surface area contributed by atoms with Crippen molar-refractivity contribution in [1.29, 1.82) is 0 Å². The molecule has 1 aliphatic rings. The first-order valence-corrected chi connectivity index (χ1v) is 12.7. The van der Waals surface area contributed by atoms with Crippen molar-refractivity contribution in [2.75, 3.05) is 0 Å². The summed E-state index contributed by atoms with van der Waals surface area (Å²) in [7, 11) is -3.81. The number of hydrogen-bond donors (Lipinski definition) is 2. The van der Waals surface area contributed by atoms with Gasteiger partial charge in [-0.1, -0.05) is 39.5 Å². The summed E-state index contributed by atoms with van der Waals surface area (Å²) < 4.78 is 29.5. The van der Waals surface area contributed by atoms with Crippen LogP contribution in [0, 0.1) is 12.8 Å². The molecular formula is C21H31N3O3S2. The Hall–Kier alpha value is -1.51. The second-order valence-corrected chi connectivity index (χ2v) is 11.3. The SMILES string of the molecule is Cc1nc2ccc(S(=O)(=O)N[C@@H](CC(C)C)C(=O)NC3CCCCCC3)cc2s1. The van der Waals surface area contributed by atoms with E-state index in [1.807, 2.05) is 20.8 Å². The normalized spacial score (nSPS) is 17.4. The van der Waals surface area contributed by atoms with E-state index < -0.39 is 16.1 Å². The van der Waals surface area contributed by atoms with Gasteiger partial charge < -0.3 is 5.32 Å². The van der Waals surface area contributed by atoms with Crippen LogP contribution in [-0.4, -0.2) is 31.4 Å². The fourth-order valence-corrected chi connectivity index (χ4v) is 6.02. The highest BCUT2D eigenvalue weighted by molar-refractivity contribution is 7.89. The molecule has 1 saturated carbocycles. The van der Waals surface area contributed by atoms with Crippen LogP contribution in [-0.2, 0) is 14.8 Å². The van der Waals surface area contributed by atoms with Crippen LogP contribution in [0.25, 0.3) is 10.2 Å². The van der Waals surface area contributed by atoms with Crippen molar-refractivity contribution in [3.05, 3.63) is 23.2 Å². The molecule has 1 atom stereocenters. The Labute approximate surface area is 177 Å². The minimum atomic E-state index is -3.81. The van der Waals surface area contributed by atoms with Gasteiger partial charge in [0.05, 0.1) is 20.1 Å². The van der Waals surface area contributed by atoms with Gasteiger partial charge in [0.25, 0.3) is 0 Å². The van der Waals surface area contributed by atoms with E-state index in [1.54, 1.807) is 18.2 Å². The molecule has 160 valence electrons. The Kier molecular flexibility index (Phi) is 7.29. The summed E-state index contributed by atoms with van der Waals surface area (Å²) >= 11 is 1.46. The maximum absolute atomic E-state index is 13.0. The highest BCUT2D eigenvalue weighted by atomic mass is 32.2. The molecule has 1 amide bonds. The fourth-order valence-electron chi connectivity index (χ4n) is 3.85. The molecule has 0 spiro atoms. The molecule has 0 saturated heterocycles. The molecule has 1 aliphatic carbocycles. The molecule has 3 rings (SSSR count). The topological polar surface area (TPSA) is 88.2 Å². The van der Waals surface area contributed by atoms with Crippen molar-refractivity contribution < 1.29 is 13.2 Å². The van der Waals surface area contributed by atoms with Gasteiger partial charge in [-0.3, -0.25) is 4.79 Å². The molecule has 2 N–H and O–H groups in total. The van der Waals surface area contributed by atoms with Crippen LogP contribution in [0.3, 0.4) is 0 Å². The first-order valence-electron chi connectivity index (χ1n) is 10.4. The Morgan fingerprint density at radius 2 is 1.90 bits per heavy atom. The molecule has 0 radical (unpaired) electrons. The Balaban J connectivity index is 1.77. The van der Waals surface area contributed by atoms with Gasteiger partial charge in [0, 0.05) is 6.04 Å². The predicted octanol–water partition coefficient (Wildman–Crippen LogP) is 4.14. The fraction of sp³-hybridized carbons (Fsp3) is 0.619. The molecule has 0 unspecified atom stereocenters. The van der Waals surface area contributed by atoms with Gasteiger partial charge >= 0.3 is 0 Å². The molecule has 1 aromatic carbocycles. The standard InChI is InChI=1S/C21H31N3O3S2/c1-14(2)12-19(21(25)23-16-8-6-4-5-7-9-16)24-29(26,27)17-10-11-18-20(13-17)28-15(3)22-18/h10-11,13-14,16,19,24H,4-9,12H2,1-3H3,(H,23,25)/t19-/m0/s1. The van der Waals surface area contributed by atoms with E-state index in [0.29, 0.717) is 6.42 Å². The lowest BCUT2D eigenvalue weighted by Gasteiger charge is -2.23. The molecule has 29 heavy (non-hydrogen) atoms. The molecular weight excluding hydrogens is 406 g/mol. The average molecular weight is 438 g/mol. The Morgan fingerprint density at radius 1 is 1.21 bits per heavy atom. The van der Waals surface area contributed by atoms with E-state index in [4.69, 9.17) is 0 Å². The van der Waals surface area contributed by atoms with Crippen LogP contribution in [0.2, 0.25) is 0 Å². The summed E-state index contributed by atoms with van der Waals surface area (Å²) in [5.74, 6) is -0.0295. The summed E-state index contributed by atoms with van der Waals surface area (Å²) in [4.78, 5) is 17.5. The third-order valence-corrected chi connectivity index (χ3v) is 7.70. The van der Waals surface area contributed by atoms with Gasteiger partial charge in [-0.15, -0.1) is 11.3 Å². The number of carbonyl (C=O) groups is 1. The van der Waals surface area contributed by atoms with Gasteiger partial charge in [-0.25, -0.2) is 13.4 Å². The zero-order chi connectivity index (χ0) is 21.0. The lowest BCUT2D eigenvalue weighted by atomic mass is 10.0. The van der Waals surface area contributed by atoms with Gasteiger partial charge in [0.2, 0.25) is 15.9 Å². The maximum atomic E-state index is 13.0. The predicted molar refractivity (Wildman–Crippen MR) is 118 cm³/mol. The number of rotatable bonds is 7. The first kappa shape index (κ1) is 22.2. The number of nitrogens with zero attached hydrogens (tertiary/aromatic N) is 1. The van der Waals surface area contributed by atoms with Crippen molar-refractivity contribution >= 4 is 37.5 Å². The number of aromatic nitrogens is 1. The lowest BCUT2D eigenvalue weighted by molar-refractivity contribution is -0.123. The summed E-state index contributed by atoms with van der Waals surface area (Å²) in [6, 6.07) is 4.27. The molecule has 1 fully saturated rings. The number of thiazole rings is 1. The van der Waals surface area contributed by atoms with Crippen LogP contribution in [0.15, 0.2) is 23.1 Å². The van der Waals surface area contributed by atoms with E-state index in [1.165, 1.54) is 24.2 Å². The molecule has 2 aromatic rings. The zero-order valence-corrected chi connectivity index (χ0v) is 19.0. The lowest BCUT2D eigenvalue weighted by Crippen LogP contribution is -2.50. The third-order valence-electron chi connectivity index (χ3n) is 5.30. The number of nitrogens with one attached hydrogen (secondary N) is 2. The van der Waals surface area contributed by atoms with Crippen LogP contribution < -0.4 is 10.0 Å². The molecule has 8 heteroatoms. The molecule has 6 nitrogen and oxygen atoms in total. The Bertz CT molecular complexity index is 945. The number of sulfonamides is 1. The van der Waals surface area contributed by atoms with Crippen LogP contribution in [0.1, 0.15) is 63.8 Å². The van der Waals surface area contributed by atoms with Crippen molar-refractivity contribution in [3.8, 4) is 0 Å². The molecule has 0 aliphatic heterocycles. The van der Waals surface area contributed by atoms with Gasteiger partial charge in [-0.2, -0.15) is 4.72 Å². The third kappa shape index (κ3) is 5.99. The van der Waals surface area contributed by atoms with Crippen molar-refractivity contribution in [1.82, 2.24) is 15.0 Å². The van der Waals surface area contributed by atoms with E-state index in [-0.39, 0.29) is 22.8 Å². The number of fused-ring (bicyclic) bond motifs is 1. The van der Waals surface area contributed by atoms with E-state index >= 15 is 0 Å². The number of carbonyl (C=O) groups excluding carboxylic acids is 1. The number of hydrogen-bond acceptors (Lipinski definition) is 5. The molecule has 1 heterocycles. The summed E-state index contributed by atoms with van der Waals surface area (Å²) in [6.07, 6.45) is 7.02. The Morgan fingerprint density at radius 3 is 2.55 bits per heavy atom. The minimum Gasteiger partial charge on any atom is -0.352 e. The minimum absolute atomic E-state index is 0.140. The maximum Gasteiger partial charge on any atom is 0.241 e. The number of amides is 1. The van der Waals surface area contributed by atoms with Gasteiger partial charge in [0.1, 0.15) is 6.04 Å². The van der Waals surface area contributed by atoms with E-state index in [2.05, 4.69) is 15.0 Å². The highest BCUT2D eigenvalue weighted by Crippen LogP contribution is 2.25. The average Bonchev–Trinajstić information content (AvgIpc) is 2.83. The first-order chi connectivity index (χ1) is 13.7.